The van der Waals surface area contributed by atoms with E-state index in [0.29, 0.717) is 11.3 Å². The van der Waals surface area contributed by atoms with E-state index in [9.17, 15) is 13.6 Å². The van der Waals surface area contributed by atoms with Crippen molar-refractivity contribution in [3.63, 3.8) is 0 Å². The summed E-state index contributed by atoms with van der Waals surface area (Å²) < 4.78 is 26.7. The number of H-pyrrole nitrogens is 1. The number of carboxylic acids is 1. The first-order chi connectivity index (χ1) is 6.34. The molecule has 0 aliphatic heterocycles. The Morgan fingerprint density at radius 2 is 2.14 bits per heavy atom. The van der Waals surface area contributed by atoms with Crippen LogP contribution in [0, 0.1) is 13.8 Å². The van der Waals surface area contributed by atoms with E-state index in [-0.39, 0.29) is 5.56 Å². The van der Waals surface area contributed by atoms with Crippen LogP contribution in [0.25, 0.3) is 0 Å². The summed E-state index contributed by atoms with van der Waals surface area (Å²) >= 11 is 0. The van der Waals surface area contributed by atoms with E-state index >= 15 is 0 Å². The van der Waals surface area contributed by atoms with Gasteiger partial charge in [0.25, 0.3) is 5.92 Å². The highest BCUT2D eigenvalue weighted by Gasteiger charge is 2.38. The number of hydrogen-bond donors (Lipinski definition) is 2. The smallest absolute Gasteiger partial charge is 0.309 e. The van der Waals surface area contributed by atoms with Crippen molar-refractivity contribution in [2.24, 2.45) is 0 Å². The van der Waals surface area contributed by atoms with Crippen molar-refractivity contribution < 1.29 is 18.7 Å². The van der Waals surface area contributed by atoms with Crippen molar-refractivity contribution >= 4 is 5.97 Å². The molecule has 0 unspecified atom stereocenters. The molecule has 0 saturated carbocycles. The minimum absolute atomic E-state index is 0.208. The molecule has 3 nitrogen and oxygen atoms in total. The highest BCUT2D eigenvalue weighted by atomic mass is 19.3. The van der Waals surface area contributed by atoms with Crippen molar-refractivity contribution in [1.29, 1.82) is 0 Å². The van der Waals surface area contributed by atoms with Crippen LogP contribution in [0.3, 0.4) is 0 Å². The average molecular weight is 203 g/mol. The maximum Gasteiger partial charge on any atom is 0.309 e. The number of nitrogens with one attached hydrogen (secondary N) is 1. The van der Waals surface area contributed by atoms with Crippen LogP contribution in [0.2, 0.25) is 0 Å². The molecule has 0 aliphatic carbocycles. The summed E-state index contributed by atoms with van der Waals surface area (Å²) in [6.45, 7) is 3.02. The second-order valence-electron chi connectivity index (χ2n) is 3.25. The first-order valence-corrected chi connectivity index (χ1v) is 4.09. The van der Waals surface area contributed by atoms with Crippen LogP contribution < -0.4 is 0 Å². The third kappa shape index (κ3) is 1.92. The number of aliphatic carboxylic acids is 1. The van der Waals surface area contributed by atoms with Gasteiger partial charge in [0, 0.05) is 17.5 Å². The van der Waals surface area contributed by atoms with Crippen molar-refractivity contribution in [3.05, 3.63) is 23.0 Å². The first-order valence-electron chi connectivity index (χ1n) is 4.09. The van der Waals surface area contributed by atoms with E-state index in [4.69, 9.17) is 5.11 Å². The lowest BCUT2D eigenvalue weighted by Crippen LogP contribution is -2.19. The Balaban J connectivity index is 3.08. The predicted molar refractivity (Wildman–Crippen MR) is 46.4 cm³/mol. The molecule has 0 aliphatic rings. The molecule has 1 aromatic rings. The topological polar surface area (TPSA) is 53.1 Å². The lowest BCUT2D eigenvalue weighted by Gasteiger charge is -2.15. The van der Waals surface area contributed by atoms with Crippen LogP contribution in [0.1, 0.15) is 23.2 Å². The van der Waals surface area contributed by atoms with Crippen molar-refractivity contribution in [3.8, 4) is 0 Å². The van der Waals surface area contributed by atoms with Crippen LogP contribution >= 0.6 is 0 Å². The van der Waals surface area contributed by atoms with Crippen molar-refractivity contribution in [2.75, 3.05) is 0 Å². The van der Waals surface area contributed by atoms with Gasteiger partial charge in [-0.3, -0.25) is 4.79 Å². The normalized spacial score (nSPS) is 11.7. The lowest BCUT2D eigenvalue weighted by atomic mass is 10.0. The standard InChI is InChI=1S/C9H11F2NO2/c1-5-4-12-6(2)8(5)9(10,11)3-7(13)14/h4,12H,3H2,1-2H3,(H,13,14). The van der Waals surface area contributed by atoms with Crippen LogP contribution in [-0.4, -0.2) is 16.1 Å². The van der Waals surface area contributed by atoms with Gasteiger partial charge in [0.05, 0.1) is 0 Å². The molecule has 14 heavy (non-hydrogen) atoms. The van der Waals surface area contributed by atoms with Crippen molar-refractivity contribution in [2.45, 2.75) is 26.2 Å². The largest absolute Gasteiger partial charge is 0.481 e. The molecular weight excluding hydrogens is 192 g/mol. The maximum absolute atomic E-state index is 13.4. The van der Waals surface area contributed by atoms with E-state index in [0.717, 1.165) is 0 Å². The molecular formula is C9H11F2NO2. The van der Waals surface area contributed by atoms with Gasteiger partial charge in [-0.2, -0.15) is 0 Å². The SMILES string of the molecule is Cc1c[nH]c(C)c1C(F)(F)CC(=O)O. The van der Waals surface area contributed by atoms with E-state index in [1.807, 2.05) is 0 Å². The molecule has 0 atom stereocenters. The Bertz CT molecular complexity index is 338. The van der Waals surface area contributed by atoms with Crippen LogP contribution in [-0.2, 0) is 10.7 Å². The third-order valence-electron chi connectivity index (χ3n) is 2.01. The Labute approximate surface area is 79.8 Å². The number of aryl methyl sites for hydroxylation is 2. The maximum atomic E-state index is 13.4. The van der Waals surface area contributed by atoms with Gasteiger partial charge in [-0.05, 0) is 19.4 Å². The van der Waals surface area contributed by atoms with Gasteiger partial charge in [0.15, 0.2) is 0 Å². The number of carboxylic acid groups (broad SMARTS) is 1. The summed E-state index contributed by atoms with van der Waals surface area (Å²) in [5.41, 5.74) is 0.488. The fourth-order valence-corrected chi connectivity index (χ4v) is 1.50. The summed E-state index contributed by atoms with van der Waals surface area (Å²) in [6.07, 6.45) is 0.271. The molecule has 2 N–H and O–H groups in total. The van der Waals surface area contributed by atoms with Crippen LogP contribution in [0.4, 0.5) is 8.78 Å². The summed E-state index contributed by atoms with van der Waals surface area (Å²) in [5.74, 6) is -4.81. The van der Waals surface area contributed by atoms with E-state index in [2.05, 4.69) is 4.98 Å². The van der Waals surface area contributed by atoms with Gasteiger partial charge in [-0.25, -0.2) is 8.78 Å². The molecule has 0 amide bonds. The molecule has 0 saturated heterocycles. The number of alkyl halides is 2. The highest BCUT2D eigenvalue weighted by Crippen LogP contribution is 2.35. The first kappa shape index (κ1) is 10.7. The molecule has 0 radical (unpaired) electrons. The summed E-state index contributed by atoms with van der Waals surface area (Å²) in [7, 11) is 0. The number of aromatic nitrogens is 1. The van der Waals surface area contributed by atoms with Gasteiger partial charge in [-0.15, -0.1) is 0 Å². The van der Waals surface area contributed by atoms with Crippen LogP contribution in [0.15, 0.2) is 6.20 Å². The number of halogens is 2. The molecule has 1 rings (SSSR count). The molecule has 0 bridgehead atoms. The van der Waals surface area contributed by atoms with E-state index < -0.39 is 18.3 Å². The molecule has 1 heterocycles. The molecule has 0 spiro atoms. The quantitative estimate of drug-likeness (QED) is 0.791. The monoisotopic (exact) mass is 203 g/mol. The Morgan fingerprint density at radius 3 is 2.50 bits per heavy atom. The fourth-order valence-electron chi connectivity index (χ4n) is 1.50. The highest BCUT2D eigenvalue weighted by molar-refractivity contribution is 5.68. The molecule has 78 valence electrons. The minimum atomic E-state index is -3.31. The second kappa shape index (κ2) is 3.40. The Morgan fingerprint density at radius 1 is 1.57 bits per heavy atom. The summed E-state index contributed by atoms with van der Waals surface area (Å²) in [4.78, 5) is 12.9. The fraction of sp³-hybridized carbons (Fsp3) is 0.444. The summed E-state index contributed by atoms with van der Waals surface area (Å²) in [5, 5.41) is 8.34. The van der Waals surface area contributed by atoms with Gasteiger partial charge < -0.3 is 10.1 Å². The molecule has 0 aromatic carbocycles. The summed E-state index contributed by atoms with van der Waals surface area (Å²) in [6, 6.07) is 0. The van der Waals surface area contributed by atoms with Crippen LogP contribution in [0.5, 0.6) is 0 Å². The number of rotatable bonds is 3. The zero-order valence-corrected chi connectivity index (χ0v) is 7.90. The van der Waals surface area contributed by atoms with Gasteiger partial charge >= 0.3 is 5.97 Å². The Hall–Kier alpha value is -1.39. The third-order valence-corrected chi connectivity index (χ3v) is 2.01. The predicted octanol–water partition coefficient (Wildman–Crippen LogP) is 2.20. The molecule has 0 fully saturated rings. The Kier molecular flexibility index (Phi) is 2.59. The van der Waals surface area contributed by atoms with Gasteiger partial charge in [-0.1, -0.05) is 0 Å². The van der Waals surface area contributed by atoms with E-state index in [1.54, 1.807) is 0 Å². The minimum Gasteiger partial charge on any atom is -0.481 e. The second-order valence-corrected chi connectivity index (χ2v) is 3.25. The lowest BCUT2D eigenvalue weighted by molar-refractivity contribution is -0.145. The molecule has 5 heteroatoms. The number of carbonyl (C=O) groups is 1. The number of aromatic amines is 1. The van der Waals surface area contributed by atoms with E-state index in [1.165, 1.54) is 20.0 Å². The average Bonchev–Trinajstić information content (AvgIpc) is 2.27. The zero-order chi connectivity index (χ0) is 10.9. The number of hydrogen-bond acceptors (Lipinski definition) is 1. The van der Waals surface area contributed by atoms with Crippen molar-refractivity contribution in [1.82, 2.24) is 4.98 Å². The van der Waals surface area contributed by atoms with Gasteiger partial charge in [0.2, 0.25) is 0 Å². The van der Waals surface area contributed by atoms with Gasteiger partial charge in [0.1, 0.15) is 6.42 Å². The zero-order valence-electron chi connectivity index (χ0n) is 7.90. The molecule has 1 aromatic heterocycles.